The van der Waals surface area contributed by atoms with Crippen molar-refractivity contribution in [3.63, 3.8) is 0 Å². The van der Waals surface area contributed by atoms with Crippen molar-refractivity contribution >= 4 is 0 Å². The topological polar surface area (TPSA) is 29.3 Å². The first-order valence-electron chi connectivity index (χ1n) is 7.48. The lowest BCUT2D eigenvalue weighted by Gasteiger charge is -2.42. The van der Waals surface area contributed by atoms with Gasteiger partial charge in [0.1, 0.15) is 5.82 Å². The van der Waals surface area contributed by atoms with E-state index < -0.39 is 5.54 Å². The molecular formula is C18H27FN2. The highest BCUT2D eigenvalue weighted by Crippen LogP contribution is 2.30. The van der Waals surface area contributed by atoms with E-state index >= 15 is 0 Å². The summed E-state index contributed by atoms with van der Waals surface area (Å²) < 4.78 is 14.2. The molecule has 1 rings (SSSR count). The first-order chi connectivity index (χ1) is 9.98. The maximum absolute atomic E-state index is 14.2. The lowest BCUT2D eigenvalue weighted by atomic mass is 9.82. The molecule has 116 valence electrons. The molecule has 0 fully saturated rings. The Kier molecular flexibility index (Phi) is 6.79. The molecule has 0 aliphatic heterocycles. The Bertz CT molecular complexity index is 458. The van der Waals surface area contributed by atoms with Crippen molar-refractivity contribution in [1.29, 1.82) is 0 Å². The van der Waals surface area contributed by atoms with E-state index in [1.807, 2.05) is 25.1 Å². The van der Waals surface area contributed by atoms with Gasteiger partial charge in [0.2, 0.25) is 0 Å². The van der Waals surface area contributed by atoms with Gasteiger partial charge < -0.3 is 5.73 Å². The number of nitrogens with two attached hydrogens (primary N) is 1. The molecule has 0 amide bonds. The van der Waals surface area contributed by atoms with Gasteiger partial charge in [-0.2, -0.15) is 0 Å². The fourth-order valence-electron chi connectivity index (χ4n) is 2.87. The summed E-state index contributed by atoms with van der Waals surface area (Å²) in [6.07, 6.45) is 5.58. The second-order valence-electron chi connectivity index (χ2n) is 5.60. The zero-order valence-electron chi connectivity index (χ0n) is 13.2. The van der Waals surface area contributed by atoms with E-state index in [4.69, 9.17) is 5.73 Å². The van der Waals surface area contributed by atoms with Crippen molar-refractivity contribution in [3.8, 4) is 0 Å². The minimum Gasteiger partial charge on any atom is -0.320 e. The third-order valence-electron chi connectivity index (χ3n) is 3.88. The van der Waals surface area contributed by atoms with Crippen LogP contribution in [0.25, 0.3) is 0 Å². The summed E-state index contributed by atoms with van der Waals surface area (Å²) in [7, 11) is 0. The Morgan fingerprint density at radius 2 is 1.86 bits per heavy atom. The van der Waals surface area contributed by atoms with Crippen LogP contribution in [0.2, 0.25) is 0 Å². The van der Waals surface area contributed by atoms with E-state index in [2.05, 4.69) is 25.0 Å². The maximum Gasteiger partial charge on any atom is 0.128 e. The zero-order valence-corrected chi connectivity index (χ0v) is 13.2. The van der Waals surface area contributed by atoms with Gasteiger partial charge in [0.05, 0.1) is 5.54 Å². The molecule has 2 nitrogen and oxygen atoms in total. The van der Waals surface area contributed by atoms with Crippen LogP contribution >= 0.6 is 0 Å². The Morgan fingerprint density at radius 1 is 1.29 bits per heavy atom. The lowest BCUT2D eigenvalue weighted by molar-refractivity contribution is 0.141. The molecule has 0 spiro atoms. The van der Waals surface area contributed by atoms with Crippen molar-refractivity contribution < 1.29 is 4.39 Å². The van der Waals surface area contributed by atoms with E-state index in [0.29, 0.717) is 18.7 Å². The lowest BCUT2D eigenvalue weighted by Crippen LogP contribution is -2.55. The highest BCUT2D eigenvalue weighted by molar-refractivity contribution is 5.27. The van der Waals surface area contributed by atoms with Crippen LogP contribution in [0.3, 0.4) is 0 Å². The zero-order chi connectivity index (χ0) is 15.9. The molecule has 1 aromatic carbocycles. The number of hydrogen-bond donors (Lipinski definition) is 1. The molecule has 3 heteroatoms. The second-order valence-corrected chi connectivity index (χ2v) is 5.60. The molecule has 1 aromatic rings. The number of nitrogens with zero attached hydrogens (tertiary/aromatic N) is 1. The first kappa shape index (κ1) is 17.6. The van der Waals surface area contributed by atoms with E-state index in [1.54, 1.807) is 12.1 Å². The molecule has 0 saturated heterocycles. The second kappa shape index (κ2) is 8.11. The van der Waals surface area contributed by atoms with Gasteiger partial charge in [-0.3, -0.25) is 4.90 Å². The van der Waals surface area contributed by atoms with E-state index in [0.717, 1.165) is 12.8 Å². The van der Waals surface area contributed by atoms with Crippen LogP contribution in [-0.4, -0.2) is 24.0 Å². The predicted octanol–water partition coefficient (Wildman–Crippen LogP) is 3.84. The predicted molar refractivity (Wildman–Crippen MR) is 88.6 cm³/mol. The van der Waals surface area contributed by atoms with Crippen molar-refractivity contribution in [2.75, 3.05) is 13.1 Å². The summed E-state index contributed by atoms with van der Waals surface area (Å²) in [4.78, 5) is 2.20. The Balaban J connectivity index is 3.20. The van der Waals surface area contributed by atoms with Crippen LogP contribution in [0.15, 0.2) is 49.6 Å². The fourth-order valence-corrected chi connectivity index (χ4v) is 2.87. The van der Waals surface area contributed by atoms with Gasteiger partial charge in [-0.15, -0.1) is 13.2 Å². The average molecular weight is 290 g/mol. The Labute approximate surface area is 128 Å². The van der Waals surface area contributed by atoms with E-state index in [9.17, 15) is 4.39 Å². The molecule has 0 aromatic heterocycles. The van der Waals surface area contributed by atoms with Crippen LogP contribution in [0.1, 0.15) is 32.3 Å². The van der Waals surface area contributed by atoms with Crippen LogP contribution < -0.4 is 5.73 Å². The Morgan fingerprint density at radius 3 is 2.33 bits per heavy atom. The first-order valence-corrected chi connectivity index (χ1v) is 7.48. The summed E-state index contributed by atoms with van der Waals surface area (Å²) in [6.45, 7) is 13.0. The van der Waals surface area contributed by atoms with Gasteiger partial charge in [0, 0.05) is 24.7 Å². The highest BCUT2D eigenvalue weighted by atomic mass is 19.1. The SMILES string of the molecule is C=CCN(CC=C)C(CCC)C(C)(N)c1ccccc1F. The summed E-state index contributed by atoms with van der Waals surface area (Å²) >= 11 is 0. The molecule has 21 heavy (non-hydrogen) atoms. The third kappa shape index (κ3) is 4.26. The molecule has 0 heterocycles. The normalized spacial score (nSPS) is 15.5. The summed E-state index contributed by atoms with van der Waals surface area (Å²) in [5, 5.41) is 0. The van der Waals surface area contributed by atoms with E-state index in [1.165, 1.54) is 6.07 Å². The Hall–Kier alpha value is -1.45. The van der Waals surface area contributed by atoms with Crippen molar-refractivity contribution in [2.45, 2.75) is 38.3 Å². The van der Waals surface area contributed by atoms with Crippen molar-refractivity contribution in [3.05, 3.63) is 61.0 Å². The van der Waals surface area contributed by atoms with Crippen molar-refractivity contribution in [2.24, 2.45) is 5.73 Å². The van der Waals surface area contributed by atoms with E-state index in [-0.39, 0.29) is 11.9 Å². The molecule has 2 unspecified atom stereocenters. The van der Waals surface area contributed by atoms with Crippen LogP contribution in [0.5, 0.6) is 0 Å². The van der Waals surface area contributed by atoms with Crippen molar-refractivity contribution in [1.82, 2.24) is 4.90 Å². The molecule has 2 atom stereocenters. The fraction of sp³-hybridized carbons (Fsp3) is 0.444. The molecule has 0 aliphatic rings. The number of rotatable bonds is 9. The van der Waals surface area contributed by atoms with Crippen LogP contribution in [0.4, 0.5) is 4.39 Å². The average Bonchev–Trinajstić information content (AvgIpc) is 2.44. The van der Waals surface area contributed by atoms with Gasteiger partial charge in [-0.25, -0.2) is 4.39 Å². The smallest absolute Gasteiger partial charge is 0.128 e. The summed E-state index contributed by atoms with van der Waals surface area (Å²) in [6, 6.07) is 6.79. The minimum atomic E-state index is -0.770. The quantitative estimate of drug-likeness (QED) is 0.700. The van der Waals surface area contributed by atoms with Crippen LogP contribution in [-0.2, 0) is 5.54 Å². The highest BCUT2D eigenvalue weighted by Gasteiger charge is 2.36. The minimum absolute atomic E-state index is 0.0235. The summed E-state index contributed by atoms with van der Waals surface area (Å²) in [5.74, 6) is -0.249. The molecule has 0 saturated carbocycles. The standard InChI is InChI=1S/C18H27FN2/c1-5-10-17(21(13-6-2)14-7-3)18(4,20)15-11-8-9-12-16(15)19/h6-9,11-12,17H,2-3,5,10,13-14,20H2,1,4H3. The summed E-state index contributed by atoms with van der Waals surface area (Å²) in [5.41, 5.74) is 6.37. The van der Waals surface area contributed by atoms with Crippen LogP contribution in [0, 0.1) is 5.82 Å². The van der Waals surface area contributed by atoms with Gasteiger partial charge in [0.15, 0.2) is 0 Å². The number of benzene rings is 1. The third-order valence-corrected chi connectivity index (χ3v) is 3.88. The molecule has 0 bridgehead atoms. The molecule has 0 aliphatic carbocycles. The van der Waals surface area contributed by atoms with Gasteiger partial charge in [-0.05, 0) is 19.4 Å². The molecule has 2 N–H and O–H groups in total. The molecule has 0 radical (unpaired) electrons. The van der Waals surface area contributed by atoms with Gasteiger partial charge in [0.25, 0.3) is 0 Å². The van der Waals surface area contributed by atoms with Gasteiger partial charge in [-0.1, -0.05) is 43.7 Å². The van der Waals surface area contributed by atoms with Gasteiger partial charge >= 0.3 is 0 Å². The monoisotopic (exact) mass is 290 g/mol. The largest absolute Gasteiger partial charge is 0.320 e. The number of hydrogen-bond acceptors (Lipinski definition) is 2. The number of halogens is 1. The molecular weight excluding hydrogens is 263 g/mol. The maximum atomic E-state index is 14.2.